The molecule has 0 spiro atoms. The summed E-state index contributed by atoms with van der Waals surface area (Å²) < 4.78 is 0. The molecule has 0 fully saturated rings. The highest BCUT2D eigenvalue weighted by Gasteiger charge is 1.42. The molecule has 0 aromatic heterocycles. The van der Waals surface area contributed by atoms with Gasteiger partial charge in [0.2, 0.25) is 0 Å². The van der Waals surface area contributed by atoms with Crippen LogP contribution in [0.2, 0.25) is 6.55 Å². The van der Waals surface area contributed by atoms with Crippen molar-refractivity contribution in [1.82, 2.24) is 0 Å². The number of hydrogen-bond acceptors (Lipinski definition) is 0. The molecular weight excluding hydrogens is 139 g/mol. The van der Waals surface area contributed by atoms with Crippen LogP contribution in [0.1, 0.15) is 0 Å². The quantitative estimate of drug-likeness (QED) is 0.330. The number of rotatable bonds is 0. The van der Waals surface area contributed by atoms with Gasteiger partial charge in [-0.15, -0.1) is 0 Å². The summed E-state index contributed by atoms with van der Waals surface area (Å²) in [7, 11) is 0.667. The van der Waals surface area contributed by atoms with Gasteiger partial charge in [0.25, 0.3) is 0 Å². The average molecular weight is 147 g/mol. The van der Waals surface area contributed by atoms with Crippen LogP contribution in [0, 0.1) is 0 Å². The predicted molar refractivity (Wildman–Crippen MR) is 36.1 cm³/mol. The van der Waals surface area contributed by atoms with E-state index in [1.807, 2.05) is 6.55 Å². The van der Waals surface area contributed by atoms with Crippen molar-refractivity contribution in [3.8, 4) is 0 Å². The molecule has 0 unspecified atom stereocenters. The van der Waals surface area contributed by atoms with Gasteiger partial charge in [0, 0.05) is 0 Å². The van der Waals surface area contributed by atoms with Gasteiger partial charge in [-0.25, -0.2) is 0 Å². The van der Waals surface area contributed by atoms with E-state index in [0.717, 1.165) is 9.55 Å². The molecule has 0 atom stereocenters. The molecule has 0 nitrogen and oxygen atoms in total. The van der Waals surface area contributed by atoms with Gasteiger partial charge in [-0.3, -0.25) is 0 Å². The molecule has 0 heterocycles. The third-order valence-electron chi connectivity index (χ3n) is 0. The van der Waals surface area contributed by atoms with Crippen LogP contribution < -0.4 is 0 Å². The molecule has 0 aliphatic rings. The lowest BCUT2D eigenvalue weighted by Gasteiger charge is -1.42. The Morgan fingerprint density at radius 3 is 1.60 bits per heavy atom. The third kappa shape index (κ3) is 44.3. The first-order chi connectivity index (χ1) is 2.41. The molecule has 0 saturated heterocycles. The largest absolute Gasteiger partial charge is 0.181 e. The van der Waals surface area contributed by atoms with E-state index in [9.17, 15) is 0 Å². The van der Waals surface area contributed by atoms with Crippen LogP contribution in [0.15, 0.2) is 0 Å². The molecule has 0 amide bonds. The van der Waals surface area contributed by atoms with Gasteiger partial charge in [0.1, 0.15) is 18.4 Å². The van der Waals surface area contributed by atoms with Gasteiger partial charge in [0.05, 0.1) is 0 Å². The molecule has 0 rings (SSSR count). The highest BCUT2D eigenvalue weighted by Crippen LogP contribution is 1.54. The number of halogens is 2. The third-order valence-corrected chi connectivity index (χ3v) is 0. The van der Waals surface area contributed by atoms with E-state index in [4.69, 9.17) is 22.2 Å². The Morgan fingerprint density at radius 2 is 1.60 bits per heavy atom. The second-order valence-electron chi connectivity index (χ2n) is 0.267. The van der Waals surface area contributed by atoms with Crippen LogP contribution in [-0.4, -0.2) is 18.4 Å². The summed E-state index contributed by atoms with van der Waals surface area (Å²) in [5, 5.41) is 0. The second-order valence-corrected chi connectivity index (χ2v) is 2.41. The predicted octanol–water partition coefficient (Wildman–Crippen LogP) is -0.137. The normalized spacial score (nSPS) is 7.80. The van der Waals surface area contributed by atoms with Crippen molar-refractivity contribution in [1.29, 1.82) is 0 Å². The van der Waals surface area contributed by atoms with E-state index >= 15 is 0 Å². The van der Waals surface area contributed by atoms with Gasteiger partial charge in [-0.1, -0.05) is 6.55 Å². The summed E-state index contributed by atoms with van der Waals surface area (Å²) in [5.74, 6) is 0. The topological polar surface area (TPSA) is 0 Å². The van der Waals surface area contributed by atoms with Crippen LogP contribution >= 0.6 is 22.2 Å². The standard InChI is InChI=1S/CH5ClSi.ClH3Si/c1-3-2;1-2/h3H2,1H3;2H3. The molecule has 34 valence electrons. The van der Waals surface area contributed by atoms with Gasteiger partial charge < -0.3 is 0 Å². The maximum absolute atomic E-state index is 5.14. The molecule has 0 radical (unpaired) electrons. The van der Waals surface area contributed by atoms with E-state index in [-0.39, 0.29) is 8.83 Å². The Kier molecular flexibility index (Phi) is 37.4. The van der Waals surface area contributed by atoms with E-state index in [2.05, 4.69) is 0 Å². The fraction of sp³-hybridized carbons (Fsp3) is 1.00. The zero-order valence-corrected chi connectivity index (χ0v) is 8.39. The Labute approximate surface area is 47.5 Å². The summed E-state index contributed by atoms with van der Waals surface area (Å²) in [6.07, 6.45) is 0. The van der Waals surface area contributed by atoms with E-state index in [1.54, 1.807) is 0 Å². The molecule has 0 aromatic rings. The maximum atomic E-state index is 5.14. The van der Waals surface area contributed by atoms with Crippen LogP contribution in [0.25, 0.3) is 0 Å². The number of hydrogen-bond donors (Lipinski definition) is 0. The zero-order chi connectivity index (χ0) is 4.71. The molecule has 0 saturated carbocycles. The minimum atomic E-state index is -0.111. The molecule has 4 heteroatoms. The van der Waals surface area contributed by atoms with E-state index in [1.165, 1.54) is 0 Å². The molecule has 0 aromatic carbocycles. The maximum Gasteiger partial charge on any atom is 0.122 e. The van der Waals surface area contributed by atoms with Crippen molar-refractivity contribution in [3.05, 3.63) is 0 Å². The smallest absolute Gasteiger partial charge is 0.122 e. The monoisotopic (exact) mass is 146 g/mol. The lowest BCUT2D eigenvalue weighted by Crippen LogP contribution is -1.45. The summed E-state index contributed by atoms with van der Waals surface area (Å²) in [6.45, 7) is 2.03. The lowest BCUT2D eigenvalue weighted by atomic mass is 11.9. The molecule has 0 aliphatic heterocycles. The van der Waals surface area contributed by atoms with Crippen molar-refractivity contribution in [2.45, 2.75) is 6.55 Å². The van der Waals surface area contributed by atoms with Gasteiger partial charge in [-0.05, 0) is 0 Å². The molecule has 0 aliphatic carbocycles. The van der Waals surface area contributed by atoms with Crippen LogP contribution in [0.3, 0.4) is 0 Å². The molecule has 0 N–H and O–H groups in total. The minimum absolute atomic E-state index is 0.111. The summed E-state index contributed by atoms with van der Waals surface area (Å²) in [6, 6.07) is 0. The van der Waals surface area contributed by atoms with Crippen molar-refractivity contribution in [3.63, 3.8) is 0 Å². The SMILES string of the molecule is C[SiH2]Cl.[SiH3]Cl. The van der Waals surface area contributed by atoms with Crippen molar-refractivity contribution in [2.75, 3.05) is 0 Å². The van der Waals surface area contributed by atoms with Crippen LogP contribution in [0.4, 0.5) is 0 Å². The minimum Gasteiger partial charge on any atom is -0.181 e. The van der Waals surface area contributed by atoms with E-state index < -0.39 is 0 Å². The second kappa shape index (κ2) is 19.9. The molecule has 5 heavy (non-hydrogen) atoms. The van der Waals surface area contributed by atoms with Crippen molar-refractivity contribution < 1.29 is 0 Å². The van der Waals surface area contributed by atoms with Crippen LogP contribution in [0.5, 0.6) is 0 Å². The zero-order valence-electron chi connectivity index (χ0n) is 3.46. The Balaban J connectivity index is 0. The van der Waals surface area contributed by atoms with Crippen LogP contribution in [-0.2, 0) is 0 Å². The molecule has 0 bridgehead atoms. The molecular formula is CH8Cl2Si2. The summed E-state index contributed by atoms with van der Waals surface area (Å²) >= 11 is 9.92. The van der Waals surface area contributed by atoms with Gasteiger partial charge in [0.15, 0.2) is 0 Å². The first kappa shape index (κ1) is 9.38. The van der Waals surface area contributed by atoms with Gasteiger partial charge in [-0.2, -0.15) is 22.2 Å². The summed E-state index contributed by atoms with van der Waals surface area (Å²) in [5.41, 5.74) is 0. The highest BCUT2D eigenvalue weighted by molar-refractivity contribution is 6.92. The first-order valence-electron chi connectivity index (χ1n) is 1.35. The average Bonchev–Trinajstić information content (AvgIpc) is 1.46. The summed E-state index contributed by atoms with van der Waals surface area (Å²) in [4.78, 5) is 0. The Bertz CT molecular complexity index is 7.61. The van der Waals surface area contributed by atoms with Crippen molar-refractivity contribution >= 4 is 40.5 Å². The fourth-order valence-corrected chi connectivity index (χ4v) is 0. The van der Waals surface area contributed by atoms with Crippen molar-refractivity contribution in [2.24, 2.45) is 0 Å². The van der Waals surface area contributed by atoms with E-state index in [0.29, 0.717) is 0 Å². The Morgan fingerprint density at radius 1 is 1.60 bits per heavy atom. The highest BCUT2D eigenvalue weighted by atomic mass is 35.6. The first-order valence-corrected chi connectivity index (χ1v) is 7.93. The fourth-order valence-electron chi connectivity index (χ4n) is 0. The Hall–Kier alpha value is 1.01. The van der Waals surface area contributed by atoms with Gasteiger partial charge >= 0.3 is 0 Å². The lowest BCUT2D eigenvalue weighted by molar-refractivity contribution is 2.37.